The Morgan fingerprint density at radius 2 is 2.00 bits per heavy atom. The van der Waals surface area contributed by atoms with Gasteiger partial charge >= 0.3 is 0 Å². The van der Waals surface area contributed by atoms with Crippen molar-refractivity contribution < 1.29 is 26.7 Å². The molecule has 0 aliphatic rings. The fourth-order valence-electron chi connectivity index (χ4n) is 1.37. The van der Waals surface area contributed by atoms with Crippen LogP contribution in [0.15, 0.2) is 17.0 Å². The number of ether oxygens (including phenoxy) is 1. The Bertz CT molecular complexity index is 607. The molecule has 0 radical (unpaired) electrons. The number of benzene rings is 1. The Balaban J connectivity index is 2.98. The highest BCUT2D eigenvalue weighted by Gasteiger charge is 2.22. The SMILES string of the molecule is CCOCCNC(=O)c1cc(S(=O)(=O)Cl)c(F)cc1F. The Labute approximate surface area is 119 Å². The predicted molar refractivity (Wildman–Crippen MR) is 68.2 cm³/mol. The number of amides is 1. The molecule has 0 aromatic heterocycles. The van der Waals surface area contributed by atoms with E-state index in [4.69, 9.17) is 15.4 Å². The van der Waals surface area contributed by atoms with Gasteiger partial charge in [-0.15, -0.1) is 0 Å². The smallest absolute Gasteiger partial charge is 0.264 e. The third kappa shape index (κ3) is 4.39. The lowest BCUT2D eigenvalue weighted by atomic mass is 10.2. The molecule has 0 unspecified atom stereocenters. The predicted octanol–water partition coefficient (Wildman–Crippen LogP) is 1.66. The average Bonchev–Trinajstić information content (AvgIpc) is 2.32. The van der Waals surface area contributed by atoms with Gasteiger partial charge < -0.3 is 10.1 Å². The van der Waals surface area contributed by atoms with Crippen molar-refractivity contribution >= 4 is 25.6 Å². The van der Waals surface area contributed by atoms with Crippen LogP contribution >= 0.6 is 10.7 Å². The first kappa shape index (κ1) is 16.8. The lowest BCUT2D eigenvalue weighted by Crippen LogP contribution is -2.28. The second-order valence-electron chi connectivity index (χ2n) is 3.65. The average molecular weight is 328 g/mol. The second kappa shape index (κ2) is 6.96. The number of carbonyl (C=O) groups excluding carboxylic acids is 1. The highest BCUT2D eigenvalue weighted by Crippen LogP contribution is 2.22. The number of hydrogen-bond acceptors (Lipinski definition) is 4. The molecule has 0 fully saturated rings. The summed E-state index contributed by atoms with van der Waals surface area (Å²) in [7, 11) is 0.587. The number of carbonyl (C=O) groups is 1. The summed E-state index contributed by atoms with van der Waals surface area (Å²) in [6, 6.07) is 0.857. The van der Waals surface area contributed by atoms with Crippen molar-refractivity contribution in [1.82, 2.24) is 5.32 Å². The molecule has 1 aromatic rings. The summed E-state index contributed by atoms with van der Waals surface area (Å²) >= 11 is 0. The summed E-state index contributed by atoms with van der Waals surface area (Å²) < 4.78 is 53.9. The molecule has 0 aliphatic heterocycles. The molecule has 0 bridgehead atoms. The minimum Gasteiger partial charge on any atom is -0.380 e. The zero-order valence-corrected chi connectivity index (χ0v) is 12.0. The van der Waals surface area contributed by atoms with E-state index in [1.54, 1.807) is 6.92 Å². The number of rotatable bonds is 6. The fraction of sp³-hybridized carbons (Fsp3) is 0.364. The van der Waals surface area contributed by atoms with E-state index in [1.807, 2.05) is 0 Å². The molecule has 0 aliphatic carbocycles. The monoisotopic (exact) mass is 327 g/mol. The van der Waals surface area contributed by atoms with Crippen LogP contribution in [0.2, 0.25) is 0 Å². The Kier molecular flexibility index (Phi) is 5.85. The van der Waals surface area contributed by atoms with Crippen molar-refractivity contribution in [1.29, 1.82) is 0 Å². The molecular weight excluding hydrogens is 316 g/mol. The van der Waals surface area contributed by atoms with E-state index in [2.05, 4.69) is 5.32 Å². The van der Waals surface area contributed by atoms with Crippen LogP contribution in [0.1, 0.15) is 17.3 Å². The minimum atomic E-state index is -4.41. The molecule has 1 rings (SSSR count). The zero-order valence-electron chi connectivity index (χ0n) is 10.5. The van der Waals surface area contributed by atoms with E-state index >= 15 is 0 Å². The van der Waals surface area contributed by atoms with Gasteiger partial charge in [-0.05, 0) is 13.0 Å². The molecule has 5 nitrogen and oxygen atoms in total. The van der Waals surface area contributed by atoms with E-state index in [-0.39, 0.29) is 13.2 Å². The van der Waals surface area contributed by atoms with Gasteiger partial charge in [0.1, 0.15) is 16.5 Å². The highest BCUT2D eigenvalue weighted by molar-refractivity contribution is 8.13. The van der Waals surface area contributed by atoms with Crippen molar-refractivity contribution in [2.75, 3.05) is 19.8 Å². The van der Waals surface area contributed by atoms with Crippen LogP contribution in [0.25, 0.3) is 0 Å². The molecule has 0 spiro atoms. The van der Waals surface area contributed by atoms with Gasteiger partial charge in [-0.3, -0.25) is 4.79 Å². The maximum atomic E-state index is 13.5. The summed E-state index contributed by atoms with van der Waals surface area (Å²) in [5.74, 6) is -3.42. The Morgan fingerprint density at radius 3 is 2.55 bits per heavy atom. The van der Waals surface area contributed by atoms with E-state index < -0.39 is 37.1 Å². The maximum Gasteiger partial charge on any atom is 0.264 e. The number of hydrogen-bond donors (Lipinski definition) is 1. The summed E-state index contributed by atoms with van der Waals surface area (Å²) in [6.07, 6.45) is 0. The number of nitrogens with one attached hydrogen (secondary N) is 1. The Morgan fingerprint density at radius 1 is 1.35 bits per heavy atom. The summed E-state index contributed by atoms with van der Waals surface area (Å²) in [6.45, 7) is 2.53. The van der Waals surface area contributed by atoms with E-state index in [0.717, 1.165) is 0 Å². The first-order valence-corrected chi connectivity index (χ1v) is 7.88. The van der Waals surface area contributed by atoms with Crippen LogP contribution in [-0.4, -0.2) is 34.1 Å². The third-order valence-corrected chi connectivity index (χ3v) is 3.60. The second-order valence-corrected chi connectivity index (χ2v) is 6.19. The molecule has 20 heavy (non-hydrogen) atoms. The third-order valence-electron chi connectivity index (χ3n) is 2.26. The zero-order chi connectivity index (χ0) is 15.3. The van der Waals surface area contributed by atoms with Gasteiger partial charge in [0.15, 0.2) is 0 Å². The minimum absolute atomic E-state index is 0.104. The van der Waals surface area contributed by atoms with Crippen molar-refractivity contribution in [3.63, 3.8) is 0 Å². The first-order valence-electron chi connectivity index (χ1n) is 5.57. The first-order chi connectivity index (χ1) is 9.27. The summed E-state index contributed by atoms with van der Waals surface area (Å²) in [5.41, 5.74) is -0.609. The maximum absolute atomic E-state index is 13.5. The van der Waals surface area contributed by atoms with Gasteiger partial charge in [0.05, 0.1) is 12.2 Å². The van der Waals surface area contributed by atoms with Crippen LogP contribution in [-0.2, 0) is 13.8 Å². The van der Waals surface area contributed by atoms with Gasteiger partial charge in [0.25, 0.3) is 15.0 Å². The summed E-state index contributed by atoms with van der Waals surface area (Å²) in [4.78, 5) is 10.7. The van der Waals surface area contributed by atoms with Crippen LogP contribution in [0, 0.1) is 11.6 Å². The molecule has 1 aromatic carbocycles. The fourth-order valence-corrected chi connectivity index (χ4v) is 2.27. The molecule has 0 heterocycles. The van der Waals surface area contributed by atoms with Crippen LogP contribution in [0.3, 0.4) is 0 Å². The Hall–Kier alpha value is -1.25. The summed E-state index contributed by atoms with van der Waals surface area (Å²) in [5, 5.41) is 2.31. The van der Waals surface area contributed by atoms with Crippen molar-refractivity contribution in [3.8, 4) is 0 Å². The van der Waals surface area contributed by atoms with E-state index in [1.165, 1.54) is 0 Å². The molecule has 9 heteroatoms. The van der Waals surface area contributed by atoms with Crippen LogP contribution in [0.5, 0.6) is 0 Å². The molecule has 0 saturated carbocycles. The lowest BCUT2D eigenvalue weighted by molar-refractivity contribution is 0.0918. The standard InChI is InChI=1S/C11H12ClF2NO4S/c1-2-19-4-3-15-11(16)7-5-10(20(12,17)18)9(14)6-8(7)13/h5-6H,2-4H2,1H3,(H,15,16). The van der Waals surface area contributed by atoms with Gasteiger partial charge in [-0.25, -0.2) is 17.2 Å². The quantitative estimate of drug-likeness (QED) is 0.637. The molecule has 112 valence electrons. The van der Waals surface area contributed by atoms with E-state index in [0.29, 0.717) is 18.7 Å². The van der Waals surface area contributed by atoms with Crippen molar-refractivity contribution in [2.45, 2.75) is 11.8 Å². The highest BCUT2D eigenvalue weighted by atomic mass is 35.7. The topological polar surface area (TPSA) is 72.5 Å². The van der Waals surface area contributed by atoms with Crippen molar-refractivity contribution in [3.05, 3.63) is 29.3 Å². The normalized spacial score (nSPS) is 11.4. The van der Waals surface area contributed by atoms with Gasteiger partial charge in [0, 0.05) is 29.9 Å². The largest absolute Gasteiger partial charge is 0.380 e. The molecular formula is C11H12ClF2NO4S. The van der Waals surface area contributed by atoms with Gasteiger partial charge in [0.2, 0.25) is 0 Å². The van der Waals surface area contributed by atoms with E-state index in [9.17, 15) is 22.0 Å². The van der Waals surface area contributed by atoms with Gasteiger partial charge in [-0.2, -0.15) is 0 Å². The van der Waals surface area contributed by atoms with Gasteiger partial charge in [-0.1, -0.05) is 0 Å². The lowest BCUT2D eigenvalue weighted by Gasteiger charge is -2.08. The molecule has 0 saturated heterocycles. The van der Waals surface area contributed by atoms with Crippen LogP contribution in [0.4, 0.5) is 8.78 Å². The molecule has 0 atom stereocenters. The molecule has 1 amide bonds. The van der Waals surface area contributed by atoms with Crippen LogP contribution < -0.4 is 5.32 Å². The molecule has 1 N–H and O–H groups in total. The number of halogens is 3. The van der Waals surface area contributed by atoms with Crippen molar-refractivity contribution in [2.24, 2.45) is 0 Å².